The highest BCUT2D eigenvalue weighted by atomic mass is 32.2. The van der Waals surface area contributed by atoms with Gasteiger partial charge < -0.3 is 9.47 Å². The molecule has 0 radical (unpaired) electrons. The van der Waals surface area contributed by atoms with Crippen molar-refractivity contribution in [3.05, 3.63) is 17.3 Å². The van der Waals surface area contributed by atoms with Crippen molar-refractivity contribution < 1.29 is 26.7 Å². The Hall–Kier alpha value is -2.29. The Morgan fingerprint density at radius 3 is 2.66 bits per heavy atom. The summed E-state index contributed by atoms with van der Waals surface area (Å²) in [7, 11) is -3.88. The summed E-state index contributed by atoms with van der Waals surface area (Å²) < 4.78 is 67.7. The van der Waals surface area contributed by atoms with E-state index in [9.17, 15) is 17.2 Å². The van der Waals surface area contributed by atoms with Crippen molar-refractivity contribution >= 4 is 27.0 Å². The minimum atomic E-state index is -3.88. The molecule has 172 valence electrons. The summed E-state index contributed by atoms with van der Waals surface area (Å²) in [4.78, 5) is -0.0418. The van der Waals surface area contributed by atoms with E-state index in [1.807, 2.05) is 6.92 Å². The van der Waals surface area contributed by atoms with Gasteiger partial charge in [-0.15, -0.1) is 20.4 Å². The lowest BCUT2D eigenvalue weighted by Crippen LogP contribution is -2.34. The SMILES string of the molecule is CC1(NS(=O)(=O)c2cc(OC3CCOCC3)c3nnc(-c4nnc(C(F)F)s4)n3c2)CC1. The van der Waals surface area contributed by atoms with Crippen molar-refractivity contribution in [1.29, 1.82) is 0 Å². The molecule has 2 aliphatic rings. The summed E-state index contributed by atoms with van der Waals surface area (Å²) in [5.74, 6) is 0.342. The highest BCUT2D eigenvalue weighted by Crippen LogP contribution is 2.37. The topological polar surface area (TPSA) is 121 Å². The van der Waals surface area contributed by atoms with Crippen molar-refractivity contribution in [3.63, 3.8) is 0 Å². The molecule has 5 rings (SSSR count). The fourth-order valence-electron chi connectivity index (χ4n) is 3.38. The van der Waals surface area contributed by atoms with Gasteiger partial charge in [0, 0.05) is 30.6 Å². The van der Waals surface area contributed by atoms with Gasteiger partial charge in [-0.2, -0.15) is 0 Å². The zero-order chi connectivity index (χ0) is 22.5. The lowest BCUT2D eigenvalue weighted by Gasteiger charge is -2.23. The summed E-state index contributed by atoms with van der Waals surface area (Å²) in [6.07, 6.45) is 1.19. The van der Waals surface area contributed by atoms with Crippen LogP contribution in [0.1, 0.15) is 44.0 Å². The predicted molar refractivity (Wildman–Crippen MR) is 109 cm³/mol. The van der Waals surface area contributed by atoms with Crippen LogP contribution in [-0.2, 0) is 14.8 Å². The number of hydrogen-bond acceptors (Lipinski definition) is 9. The first-order chi connectivity index (χ1) is 15.2. The Bertz CT molecular complexity index is 1250. The number of fused-ring (bicyclic) bond motifs is 1. The fraction of sp³-hybridized carbons (Fsp3) is 0.556. The zero-order valence-corrected chi connectivity index (χ0v) is 18.6. The number of alkyl halides is 2. The van der Waals surface area contributed by atoms with Gasteiger partial charge in [0.2, 0.25) is 15.7 Å². The van der Waals surface area contributed by atoms with Gasteiger partial charge in [-0.05, 0) is 19.8 Å². The van der Waals surface area contributed by atoms with Crippen LogP contribution >= 0.6 is 11.3 Å². The van der Waals surface area contributed by atoms with Crippen molar-refractivity contribution in [2.24, 2.45) is 0 Å². The Labute approximate surface area is 186 Å². The number of hydrogen-bond donors (Lipinski definition) is 1. The summed E-state index contributed by atoms with van der Waals surface area (Å²) in [5.41, 5.74) is -0.214. The molecule has 10 nitrogen and oxygen atoms in total. The van der Waals surface area contributed by atoms with Crippen LogP contribution in [0.4, 0.5) is 8.78 Å². The number of rotatable bonds is 7. The average Bonchev–Trinajstić information content (AvgIpc) is 3.15. The Morgan fingerprint density at radius 1 is 1.25 bits per heavy atom. The number of ether oxygens (including phenoxy) is 2. The van der Waals surface area contributed by atoms with Crippen LogP contribution in [0.3, 0.4) is 0 Å². The van der Waals surface area contributed by atoms with E-state index in [4.69, 9.17) is 9.47 Å². The third kappa shape index (κ3) is 4.19. The third-order valence-electron chi connectivity index (χ3n) is 5.42. The number of nitrogens with zero attached hydrogens (tertiary/aromatic N) is 5. The number of halogens is 2. The normalized spacial score (nSPS) is 19.0. The molecule has 32 heavy (non-hydrogen) atoms. The smallest absolute Gasteiger partial charge is 0.291 e. The van der Waals surface area contributed by atoms with E-state index in [0.29, 0.717) is 37.4 Å². The lowest BCUT2D eigenvalue weighted by molar-refractivity contribution is 0.0258. The molecular formula is C18H20F2N6O4S2. The predicted octanol–water partition coefficient (Wildman–Crippen LogP) is 2.57. The molecule has 1 aliphatic heterocycles. The molecule has 0 spiro atoms. The molecule has 0 aromatic carbocycles. The molecule has 0 atom stereocenters. The van der Waals surface area contributed by atoms with Crippen LogP contribution in [0, 0.1) is 0 Å². The van der Waals surface area contributed by atoms with Crippen LogP contribution in [0.25, 0.3) is 16.5 Å². The Balaban J connectivity index is 1.61. The van der Waals surface area contributed by atoms with E-state index in [1.54, 1.807) is 0 Å². The van der Waals surface area contributed by atoms with Crippen LogP contribution in [-0.4, -0.2) is 58.1 Å². The van der Waals surface area contributed by atoms with Gasteiger partial charge >= 0.3 is 0 Å². The molecule has 0 unspecified atom stereocenters. The van der Waals surface area contributed by atoms with Crippen LogP contribution < -0.4 is 9.46 Å². The molecular weight excluding hydrogens is 466 g/mol. The van der Waals surface area contributed by atoms with Gasteiger partial charge in [-0.1, -0.05) is 11.3 Å². The standard InChI is InChI=1S/C18H20F2N6O4S2/c1-18(4-5-18)25-32(27,28)11-8-12(30-10-2-6-29-7-3-10)14-21-22-15(26(14)9-11)17-24-23-16(31-17)13(19)20/h8-10,13,25H,2-7H2,1H3. The molecule has 4 heterocycles. The maximum atomic E-state index is 13.1. The number of aromatic nitrogens is 5. The maximum Gasteiger partial charge on any atom is 0.291 e. The van der Waals surface area contributed by atoms with E-state index < -0.39 is 27.0 Å². The quantitative estimate of drug-likeness (QED) is 0.541. The second kappa shape index (κ2) is 7.93. The fourth-order valence-corrected chi connectivity index (χ4v) is 5.54. The van der Waals surface area contributed by atoms with E-state index in [0.717, 1.165) is 12.8 Å². The second-order valence-corrected chi connectivity index (χ2v) is 10.8. The van der Waals surface area contributed by atoms with E-state index in [2.05, 4.69) is 25.1 Å². The van der Waals surface area contributed by atoms with Gasteiger partial charge in [0.15, 0.2) is 21.6 Å². The summed E-state index contributed by atoms with van der Waals surface area (Å²) in [6.45, 7) is 2.91. The van der Waals surface area contributed by atoms with Crippen LogP contribution in [0.2, 0.25) is 0 Å². The van der Waals surface area contributed by atoms with Crippen molar-refractivity contribution in [1.82, 2.24) is 29.5 Å². The number of pyridine rings is 1. The van der Waals surface area contributed by atoms with Gasteiger partial charge in [0.1, 0.15) is 11.0 Å². The van der Waals surface area contributed by atoms with Crippen molar-refractivity contribution in [3.8, 4) is 16.6 Å². The molecule has 2 fully saturated rings. The number of sulfonamides is 1. The molecule has 0 bridgehead atoms. The highest BCUT2D eigenvalue weighted by molar-refractivity contribution is 7.89. The lowest BCUT2D eigenvalue weighted by atomic mass is 10.1. The van der Waals surface area contributed by atoms with E-state index in [-0.39, 0.29) is 33.2 Å². The van der Waals surface area contributed by atoms with Gasteiger partial charge in [0.25, 0.3) is 6.43 Å². The molecule has 1 N–H and O–H groups in total. The van der Waals surface area contributed by atoms with Crippen molar-refractivity contribution in [2.75, 3.05) is 13.2 Å². The van der Waals surface area contributed by atoms with Crippen molar-refractivity contribution in [2.45, 2.75) is 55.6 Å². The monoisotopic (exact) mass is 486 g/mol. The second-order valence-electron chi connectivity index (χ2n) is 8.10. The molecule has 1 saturated carbocycles. The molecule has 1 saturated heterocycles. The van der Waals surface area contributed by atoms with Gasteiger partial charge in [-0.25, -0.2) is 21.9 Å². The van der Waals surface area contributed by atoms with Crippen LogP contribution in [0.15, 0.2) is 17.2 Å². The summed E-state index contributed by atoms with van der Waals surface area (Å²) >= 11 is 0.670. The maximum absolute atomic E-state index is 13.1. The zero-order valence-electron chi connectivity index (χ0n) is 17.0. The highest BCUT2D eigenvalue weighted by Gasteiger charge is 2.41. The molecule has 3 aromatic rings. The minimum absolute atomic E-state index is 0.0418. The number of nitrogens with one attached hydrogen (secondary N) is 1. The van der Waals surface area contributed by atoms with E-state index in [1.165, 1.54) is 16.7 Å². The largest absolute Gasteiger partial charge is 0.486 e. The summed E-state index contributed by atoms with van der Waals surface area (Å²) in [6, 6.07) is 1.42. The first kappa shape index (κ1) is 21.6. The van der Waals surface area contributed by atoms with E-state index >= 15 is 0 Å². The van der Waals surface area contributed by atoms with Gasteiger partial charge in [-0.3, -0.25) is 4.40 Å². The summed E-state index contributed by atoms with van der Waals surface area (Å²) in [5, 5.41) is 15.1. The first-order valence-corrected chi connectivity index (χ1v) is 12.3. The molecule has 14 heteroatoms. The average molecular weight is 487 g/mol. The Morgan fingerprint density at radius 2 is 2.00 bits per heavy atom. The molecule has 3 aromatic heterocycles. The molecule has 0 amide bonds. The third-order valence-corrected chi connectivity index (χ3v) is 7.95. The van der Waals surface area contributed by atoms with Gasteiger partial charge in [0.05, 0.1) is 13.2 Å². The minimum Gasteiger partial charge on any atom is -0.486 e. The first-order valence-electron chi connectivity index (χ1n) is 10.0. The van der Waals surface area contributed by atoms with Crippen LogP contribution in [0.5, 0.6) is 5.75 Å². The Kier molecular flexibility index (Phi) is 5.34. The molecule has 1 aliphatic carbocycles.